The zero-order chi connectivity index (χ0) is 11.4. The molecule has 1 unspecified atom stereocenters. The minimum Gasteiger partial charge on any atom is -0.384 e. The summed E-state index contributed by atoms with van der Waals surface area (Å²) in [5.41, 5.74) is 5.59. The van der Waals surface area contributed by atoms with Gasteiger partial charge in [0.2, 0.25) is 5.95 Å². The highest BCUT2D eigenvalue weighted by atomic mass is 16.5. The summed E-state index contributed by atoms with van der Waals surface area (Å²) >= 11 is 0. The fraction of sp³-hybridized carbons (Fsp3) is 0.636. The van der Waals surface area contributed by atoms with Gasteiger partial charge < -0.3 is 15.4 Å². The van der Waals surface area contributed by atoms with Crippen molar-refractivity contribution in [2.75, 3.05) is 37.4 Å². The molecule has 2 rings (SSSR count). The first-order valence-electron chi connectivity index (χ1n) is 5.62. The Labute approximate surface area is 95.6 Å². The second-order valence-electron chi connectivity index (χ2n) is 4.18. The Bertz CT molecular complexity index is 343. The molecule has 1 saturated heterocycles. The molecule has 88 valence electrons. The highest BCUT2D eigenvalue weighted by Gasteiger charge is 2.20. The van der Waals surface area contributed by atoms with Crippen LogP contribution in [0.3, 0.4) is 0 Å². The molecular formula is C11H18N4O. The molecule has 0 saturated carbocycles. The minimum atomic E-state index is 0.339. The Balaban J connectivity index is 2.03. The zero-order valence-corrected chi connectivity index (χ0v) is 9.59. The summed E-state index contributed by atoms with van der Waals surface area (Å²) in [5.74, 6) is 1.86. The second kappa shape index (κ2) is 5.12. The minimum absolute atomic E-state index is 0.339. The number of nitrogens with zero attached hydrogens (tertiary/aromatic N) is 3. The highest BCUT2D eigenvalue weighted by Crippen LogP contribution is 2.21. The second-order valence-corrected chi connectivity index (χ2v) is 4.18. The lowest BCUT2D eigenvalue weighted by molar-refractivity contribution is 0.143. The van der Waals surface area contributed by atoms with Crippen LogP contribution in [0.25, 0.3) is 0 Å². The lowest BCUT2D eigenvalue weighted by Gasteiger charge is -2.33. The molecule has 1 atom stereocenters. The smallest absolute Gasteiger partial charge is 0.221 e. The first-order chi connectivity index (χ1) is 7.79. The van der Waals surface area contributed by atoms with E-state index in [1.807, 2.05) is 6.07 Å². The molecule has 2 N–H and O–H groups in total. The third kappa shape index (κ3) is 2.61. The van der Waals surface area contributed by atoms with Crippen molar-refractivity contribution in [2.45, 2.75) is 12.8 Å². The Hall–Kier alpha value is -1.36. The highest BCUT2D eigenvalue weighted by molar-refractivity contribution is 5.41. The maximum Gasteiger partial charge on any atom is 0.221 e. The van der Waals surface area contributed by atoms with Crippen LogP contribution in [0.15, 0.2) is 12.3 Å². The SMILES string of the molecule is COCC1CCCN(c2ccnc(N)n2)C1. The van der Waals surface area contributed by atoms with Crippen molar-refractivity contribution in [3.05, 3.63) is 12.3 Å². The van der Waals surface area contributed by atoms with Gasteiger partial charge in [-0.25, -0.2) is 4.98 Å². The number of piperidine rings is 1. The van der Waals surface area contributed by atoms with Gasteiger partial charge in [0.1, 0.15) is 5.82 Å². The zero-order valence-electron chi connectivity index (χ0n) is 9.59. The summed E-state index contributed by atoms with van der Waals surface area (Å²) in [5, 5.41) is 0. The normalized spacial score (nSPS) is 21.1. The maximum absolute atomic E-state index is 5.59. The van der Waals surface area contributed by atoms with E-state index in [2.05, 4.69) is 14.9 Å². The molecule has 1 aromatic heterocycles. The third-order valence-corrected chi connectivity index (χ3v) is 2.90. The molecule has 2 heterocycles. The van der Waals surface area contributed by atoms with E-state index in [0.717, 1.165) is 25.5 Å². The van der Waals surface area contributed by atoms with Crippen LogP contribution in [-0.4, -0.2) is 36.8 Å². The van der Waals surface area contributed by atoms with E-state index in [1.54, 1.807) is 13.3 Å². The van der Waals surface area contributed by atoms with Gasteiger partial charge in [-0.1, -0.05) is 0 Å². The molecule has 1 aliphatic rings. The van der Waals surface area contributed by atoms with Gasteiger partial charge in [-0.05, 0) is 24.8 Å². The first kappa shape index (κ1) is 11.1. The molecule has 5 heteroatoms. The topological polar surface area (TPSA) is 64.3 Å². The molecular weight excluding hydrogens is 204 g/mol. The Kier molecular flexibility index (Phi) is 3.56. The number of methoxy groups -OCH3 is 1. The number of nitrogen functional groups attached to an aromatic ring is 1. The fourth-order valence-corrected chi connectivity index (χ4v) is 2.18. The molecule has 0 aromatic carbocycles. The number of rotatable bonds is 3. The van der Waals surface area contributed by atoms with E-state index < -0.39 is 0 Å². The number of ether oxygens (including phenoxy) is 1. The monoisotopic (exact) mass is 222 g/mol. The predicted octanol–water partition coefficient (Wildman–Crippen LogP) is 0.922. The van der Waals surface area contributed by atoms with Crippen molar-refractivity contribution < 1.29 is 4.74 Å². The summed E-state index contributed by atoms with van der Waals surface area (Å²) in [4.78, 5) is 10.4. The summed E-state index contributed by atoms with van der Waals surface area (Å²) in [6, 6.07) is 1.91. The number of hydrogen-bond acceptors (Lipinski definition) is 5. The molecule has 1 aliphatic heterocycles. The molecule has 16 heavy (non-hydrogen) atoms. The molecule has 0 aliphatic carbocycles. The van der Waals surface area contributed by atoms with Gasteiger partial charge >= 0.3 is 0 Å². The summed E-state index contributed by atoms with van der Waals surface area (Å²) < 4.78 is 5.21. The molecule has 0 bridgehead atoms. The quantitative estimate of drug-likeness (QED) is 0.824. The number of nitrogens with two attached hydrogens (primary N) is 1. The van der Waals surface area contributed by atoms with Gasteiger partial charge in [-0.2, -0.15) is 4.98 Å². The number of anilines is 2. The molecule has 0 radical (unpaired) electrons. The van der Waals surface area contributed by atoms with Crippen molar-refractivity contribution in [2.24, 2.45) is 5.92 Å². The van der Waals surface area contributed by atoms with Gasteiger partial charge in [0, 0.05) is 26.4 Å². The van der Waals surface area contributed by atoms with Crippen LogP contribution >= 0.6 is 0 Å². The van der Waals surface area contributed by atoms with Crippen LogP contribution < -0.4 is 10.6 Å². The van der Waals surface area contributed by atoms with Gasteiger partial charge in [0.15, 0.2) is 0 Å². The van der Waals surface area contributed by atoms with Crippen molar-refractivity contribution >= 4 is 11.8 Å². The molecule has 1 aromatic rings. The van der Waals surface area contributed by atoms with Crippen LogP contribution in [-0.2, 0) is 4.74 Å². The average Bonchev–Trinajstić information content (AvgIpc) is 2.30. The van der Waals surface area contributed by atoms with E-state index in [9.17, 15) is 0 Å². The lowest BCUT2D eigenvalue weighted by Crippen LogP contribution is -2.37. The van der Waals surface area contributed by atoms with Crippen molar-refractivity contribution in [3.63, 3.8) is 0 Å². The summed E-state index contributed by atoms with van der Waals surface area (Å²) in [6.07, 6.45) is 4.11. The van der Waals surface area contributed by atoms with Crippen molar-refractivity contribution in [1.29, 1.82) is 0 Å². The number of aromatic nitrogens is 2. The lowest BCUT2D eigenvalue weighted by atomic mass is 9.99. The Morgan fingerprint density at radius 1 is 1.62 bits per heavy atom. The standard InChI is InChI=1S/C11H18N4O/c1-16-8-9-3-2-6-15(7-9)10-4-5-13-11(12)14-10/h4-5,9H,2-3,6-8H2,1H3,(H2,12,13,14). The predicted molar refractivity (Wildman–Crippen MR) is 63.3 cm³/mol. The van der Waals surface area contributed by atoms with Crippen LogP contribution in [0.5, 0.6) is 0 Å². The molecule has 0 spiro atoms. The molecule has 0 amide bonds. The van der Waals surface area contributed by atoms with Crippen LogP contribution in [0.2, 0.25) is 0 Å². The van der Waals surface area contributed by atoms with Crippen molar-refractivity contribution in [1.82, 2.24) is 9.97 Å². The van der Waals surface area contributed by atoms with Crippen molar-refractivity contribution in [3.8, 4) is 0 Å². The van der Waals surface area contributed by atoms with E-state index in [1.165, 1.54) is 12.8 Å². The molecule has 1 fully saturated rings. The van der Waals surface area contributed by atoms with Crippen LogP contribution in [0.1, 0.15) is 12.8 Å². The fourth-order valence-electron chi connectivity index (χ4n) is 2.18. The largest absolute Gasteiger partial charge is 0.384 e. The van der Waals surface area contributed by atoms with E-state index in [0.29, 0.717) is 11.9 Å². The Morgan fingerprint density at radius 2 is 2.50 bits per heavy atom. The summed E-state index contributed by atoms with van der Waals surface area (Å²) in [6.45, 7) is 2.85. The number of hydrogen-bond donors (Lipinski definition) is 1. The van der Waals surface area contributed by atoms with Crippen LogP contribution in [0, 0.1) is 5.92 Å². The molecule has 5 nitrogen and oxygen atoms in total. The summed E-state index contributed by atoms with van der Waals surface area (Å²) in [7, 11) is 1.75. The van der Waals surface area contributed by atoms with Gasteiger partial charge in [0.25, 0.3) is 0 Å². The van der Waals surface area contributed by atoms with Gasteiger partial charge in [-0.3, -0.25) is 0 Å². The van der Waals surface area contributed by atoms with E-state index in [-0.39, 0.29) is 0 Å². The van der Waals surface area contributed by atoms with E-state index >= 15 is 0 Å². The van der Waals surface area contributed by atoms with Gasteiger partial charge in [-0.15, -0.1) is 0 Å². The van der Waals surface area contributed by atoms with E-state index in [4.69, 9.17) is 10.5 Å². The van der Waals surface area contributed by atoms with Gasteiger partial charge in [0.05, 0.1) is 6.61 Å². The van der Waals surface area contributed by atoms with Crippen LogP contribution in [0.4, 0.5) is 11.8 Å². The third-order valence-electron chi connectivity index (χ3n) is 2.90. The first-order valence-corrected chi connectivity index (χ1v) is 5.62. The average molecular weight is 222 g/mol. The Morgan fingerprint density at radius 3 is 3.25 bits per heavy atom. The maximum atomic E-state index is 5.59.